The molecule has 1 amide bonds. The van der Waals surface area contributed by atoms with Crippen LogP contribution in [0.1, 0.15) is 0 Å². The third-order valence-corrected chi connectivity index (χ3v) is 2.55. The Hall–Kier alpha value is 0.390. The van der Waals surface area contributed by atoms with Crippen molar-refractivity contribution in [3.8, 4) is 0 Å². The average Bonchev–Trinajstić information content (AvgIpc) is 1.21. The minimum atomic E-state index is -3.45. The van der Waals surface area contributed by atoms with Crippen molar-refractivity contribution in [1.29, 1.82) is 0 Å². The number of carbonyl (C=O) groups is 1. The number of carbonyl (C=O) groups excluding carboxylic acids is 1. The molecule has 0 bridgehead atoms. The molecule has 8 heavy (non-hydrogen) atoms. The van der Waals surface area contributed by atoms with Crippen molar-refractivity contribution in [3.63, 3.8) is 0 Å². The van der Waals surface area contributed by atoms with E-state index in [9.17, 15) is 4.79 Å². The highest BCUT2D eigenvalue weighted by Crippen LogP contribution is 2.50. The van der Waals surface area contributed by atoms with Crippen LogP contribution in [0.3, 0.4) is 0 Å². The summed E-state index contributed by atoms with van der Waals surface area (Å²) in [5.41, 5.74) is 1.10. The maximum Gasteiger partial charge on any atom is 0.285 e. The SMILES string of the molecule is NC(=O)SP(O)(O)=S. The molecule has 7 heteroatoms. The van der Waals surface area contributed by atoms with Crippen molar-refractivity contribution in [2.45, 2.75) is 0 Å². The third kappa shape index (κ3) is 6.39. The number of hydrogen-bond donors (Lipinski definition) is 3. The van der Waals surface area contributed by atoms with Crippen LogP contribution in [0.2, 0.25) is 0 Å². The van der Waals surface area contributed by atoms with Crippen molar-refractivity contribution in [3.05, 3.63) is 0 Å². The smallest absolute Gasteiger partial charge is 0.285 e. The van der Waals surface area contributed by atoms with Crippen LogP contribution in [0.25, 0.3) is 0 Å². The molecular weight excluding hydrogens is 169 g/mol. The lowest BCUT2D eigenvalue weighted by Crippen LogP contribution is -2.00. The van der Waals surface area contributed by atoms with E-state index >= 15 is 0 Å². The Labute approximate surface area is 55.0 Å². The average molecular weight is 173 g/mol. The van der Waals surface area contributed by atoms with Crippen molar-refractivity contribution in [1.82, 2.24) is 0 Å². The zero-order chi connectivity index (χ0) is 6.78. The Morgan fingerprint density at radius 2 is 2.12 bits per heavy atom. The van der Waals surface area contributed by atoms with Gasteiger partial charge in [-0.2, -0.15) is 0 Å². The fraction of sp³-hybridized carbons (Fsp3) is 0. The second-order valence-electron chi connectivity index (χ2n) is 0.901. The number of primary amides is 1. The predicted octanol–water partition coefficient (Wildman–Crippen LogP) is 0.00740. The van der Waals surface area contributed by atoms with E-state index in [1.54, 1.807) is 0 Å². The largest absolute Gasteiger partial charge is 0.360 e. The normalized spacial score (nSPS) is 11.2. The fourth-order valence-electron chi connectivity index (χ4n) is 0.117. The number of amides is 1. The summed E-state index contributed by atoms with van der Waals surface area (Å²) >= 11 is 4.23. The molecule has 0 aromatic carbocycles. The van der Waals surface area contributed by atoms with Gasteiger partial charge >= 0.3 is 0 Å². The number of nitrogens with two attached hydrogens (primary N) is 1. The molecule has 0 atom stereocenters. The van der Waals surface area contributed by atoms with Crippen LogP contribution < -0.4 is 5.73 Å². The van der Waals surface area contributed by atoms with Crippen LogP contribution >= 0.6 is 17.1 Å². The quantitative estimate of drug-likeness (QED) is 0.486. The summed E-state index contributed by atoms with van der Waals surface area (Å²) in [5.74, 6) is 0. The van der Waals surface area contributed by atoms with E-state index < -0.39 is 10.9 Å². The lowest BCUT2D eigenvalue weighted by molar-refractivity contribution is 0.267. The second kappa shape index (κ2) is 2.80. The molecule has 0 aromatic heterocycles. The highest BCUT2D eigenvalue weighted by Gasteiger charge is 2.11. The van der Waals surface area contributed by atoms with Gasteiger partial charge in [0.05, 0.1) is 0 Å². The summed E-state index contributed by atoms with van der Waals surface area (Å²) < 4.78 is 0. The fourth-order valence-corrected chi connectivity index (χ4v) is 1.72. The van der Waals surface area contributed by atoms with E-state index in [0.29, 0.717) is 0 Å². The predicted molar refractivity (Wildman–Crippen MR) is 35.9 cm³/mol. The van der Waals surface area contributed by atoms with Crippen LogP contribution in [0.4, 0.5) is 4.79 Å². The maximum atomic E-state index is 9.84. The van der Waals surface area contributed by atoms with Gasteiger partial charge in [-0.3, -0.25) is 4.79 Å². The minimum absolute atomic E-state index is 0.187. The molecule has 0 aliphatic rings. The molecule has 0 heterocycles. The Morgan fingerprint density at radius 1 is 1.75 bits per heavy atom. The van der Waals surface area contributed by atoms with Crippen LogP contribution in [0, 0.1) is 0 Å². The first-order chi connectivity index (χ1) is 3.42. The van der Waals surface area contributed by atoms with Gasteiger partial charge in [-0.1, -0.05) is 0 Å². The monoisotopic (exact) mass is 173 g/mol. The Balaban J connectivity index is 3.74. The molecule has 0 aliphatic heterocycles. The van der Waals surface area contributed by atoms with Gasteiger partial charge in [0.1, 0.15) is 0 Å². The first kappa shape index (κ1) is 8.39. The number of hydrogen-bond acceptors (Lipinski definition) is 3. The molecule has 0 aliphatic carbocycles. The van der Waals surface area contributed by atoms with E-state index in [0.717, 1.165) is 0 Å². The molecule has 0 aromatic rings. The molecule has 0 radical (unpaired) electrons. The lowest BCUT2D eigenvalue weighted by atomic mass is 11.5. The molecule has 0 spiro atoms. The summed E-state index contributed by atoms with van der Waals surface area (Å²) in [6, 6.07) is 0. The van der Waals surface area contributed by atoms with E-state index in [1.165, 1.54) is 0 Å². The summed E-state index contributed by atoms with van der Waals surface area (Å²) in [4.78, 5) is 26.5. The van der Waals surface area contributed by atoms with Gasteiger partial charge in [-0.05, 0) is 11.8 Å². The van der Waals surface area contributed by atoms with Gasteiger partial charge in [-0.15, -0.1) is 0 Å². The molecular formula is CH4NO3PS2. The summed E-state index contributed by atoms with van der Waals surface area (Å²) in [6.07, 6.45) is 0. The van der Waals surface area contributed by atoms with Crippen LogP contribution in [-0.4, -0.2) is 15.0 Å². The Kier molecular flexibility index (Phi) is 2.93. The second-order valence-corrected chi connectivity index (χ2v) is 6.76. The topological polar surface area (TPSA) is 83.6 Å². The summed E-state index contributed by atoms with van der Waals surface area (Å²) in [7, 11) is 0. The first-order valence-corrected chi connectivity index (χ1v) is 5.59. The van der Waals surface area contributed by atoms with E-state index in [4.69, 9.17) is 9.79 Å². The Bertz CT molecular complexity index is 140. The zero-order valence-electron chi connectivity index (χ0n) is 3.64. The van der Waals surface area contributed by atoms with Crippen LogP contribution in [-0.2, 0) is 11.8 Å². The lowest BCUT2D eigenvalue weighted by Gasteiger charge is -1.99. The summed E-state index contributed by atoms with van der Waals surface area (Å²) in [6.45, 7) is 0. The van der Waals surface area contributed by atoms with Gasteiger partial charge < -0.3 is 15.5 Å². The minimum Gasteiger partial charge on any atom is -0.360 e. The van der Waals surface area contributed by atoms with Gasteiger partial charge in [0.25, 0.3) is 10.9 Å². The van der Waals surface area contributed by atoms with Crippen molar-refractivity contribution < 1.29 is 14.6 Å². The molecule has 48 valence electrons. The van der Waals surface area contributed by atoms with E-state index in [1.807, 2.05) is 0 Å². The maximum absolute atomic E-state index is 9.84. The standard InChI is InChI=1S/CH4NO3PS2/c2-1(3)8-6(4,5)7/h(H2,2,3)(H2,4,5,7). The first-order valence-electron chi connectivity index (χ1n) is 1.46. The third-order valence-electron chi connectivity index (χ3n) is 0.209. The van der Waals surface area contributed by atoms with Gasteiger partial charge in [0.15, 0.2) is 0 Å². The molecule has 4 nitrogen and oxygen atoms in total. The number of rotatable bonds is 1. The van der Waals surface area contributed by atoms with E-state index in [2.05, 4.69) is 17.5 Å². The van der Waals surface area contributed by atoms with Gasteiger partial charge in [-0.25, -0.2) is 0 Å². The molecule has 4 N–H and O–H groups in total. The van der Waals surface area contributed by atoms with Crippen molar-refractivity contribution in [2.75, 3.05) is 0 Å². The van der Waals surface area contributed by atoms with Crippen LogP contribution in [0.15, 0.2) is 0 Å². The molecule has 0 rings (SSSR count). The highest BCUT2D eigenvalue weighted by molar-refractivity contribution is 8.72. The molecule has 0 fully saturated rings. The van der Waals surface area contributed by atoms with Crippen LogP contribution in [0.5, 0.6) is 0 Å². The molecule has 0 saturated heterocycles. The van der Waals surface area contributed by atoms with Gasteiger partial charge in [0.2, 0.25) is 0 Å². The summed E-state index contributed by atoms with van der Waals surface area (Å²) in [5, 5.41) is -0.863. The zero-order valence-corrected chi connectivity index (χ0v) is 6.17. The van der Waals surface area contributed by atoms with Crippen molar-refractivity contribution >= 4 is 34.1 Å². The van der Waals surface area contributed by atoms with Crippen molar-refractivity contribution in [2.24, 2.45) is 5.73 Å². The Morgan fingerprint density at radius 3 is 2.12 bits per heavy atom. The van der Waals surface area contributed by atoms with Gasteiger partial charge in [0, 0.05) is 11.4 Å². The molecule has 0 unspecified atom stereocenters. The molecule has 0 saturated carbocycles. The highest BCUT2D eigenvalue weighted by atomic mass is 32.9. The van der Waals surface area contributed by atoms with E-state index in [-0.39, 0.29) is 11.4 Å².